The Morgan fingerprint density at radius 1 is 1.53 bits per heavy atom. The maximum atomic E-state index is 5.71. The molecule has 1 aliphatic rings. The first-order valence-electron chi connectivity index (χ1n) is 5.06. The maximum Gasteiger partial charge on any atom is 0.217 e. The molecule has 0 aromatic carbocycles. The minimum absolute atomic E-state index is 0.413. The van der Waals surface area contributed by atoms with Gasteiger partial charge in [-0.15, -0.1) is 0 Å². The number of nitrogens with zero attached hydrogens (tertiary/aromatic N) is 3. The van der Waals surface area contributed by atoms with Crippen molar-refractivity contribution in [2.75, 3.05) is 20.2 Å². The van der Waals surface area contributed by atoms with Gasteiger partial charge in [0.2, 0.25) is 5.88 Å². The Labute approximate surface area is 94.2 Å². The summed E-state index contributed by atoms with van der Waals surface area (Å²) < 4.78 is 5.46. The molecular formula is C10H14ClN3O. The third-order valence-corrected chi connectivity index (χ3v) is 2.68. The van der Waals surface area contributed by atoms with Crippen LogP contribution in [-0.4, -0.2) is 41.1 Å². The summed E-state index contributed by atoms with van der Waals surface area (Å²) in [5, 5.41) is 0.413. The summed E-state index contributed by atoms with van der Waals surface area (Å²) in [6.45, 7) is 1.56. The van der Waals surface area contributed by atoms with Gasteiger partial charge in [-0.1, -0.05) is 11.6 Å². The Bertz CT molecular complexity index is 330. The summed E-state index contributed by atoms with van der Waals surface area (Å²) in [6, 6.07) is 2.39. The smallest absolute Gasteiger partial charge is 0.217 e. The second kappa shape index (κ2) is 4.77. The minimum atomic E-state index is 0.413. The molecule has 1 saturated carbocycles. The largest absolute Gasteiger partial charge is 0.476 e. The molecule has 0 aliphatic heterocycles. The predicted molar refractivity (Wildman–Crippen MR) is 58.2 cm³/mol. The Hall–Kier alpha value is -0.870. The lowest BCUT2D eigenvalue weighted by atomic mass is 10.5. The van der Waals surface area contributed by atoms with Gasteiger partial charge in [0.25, 0.3) is 0 Å². The van der Waals surface area contributed by atoms with Gasteiger partial charge in [0.15, 0.2) is 0 Å². The van der Waals surface area contributed by atoms with Crippen LogP contribution in [0.25, 0.3) is 0 Å². The lowest BCUT2D eigenvalue weighted by Gasteiger charge is -2.15. The van der Waals surface area contributed by atoms with E-state index in [9.17, 15) is 0 Å². The van der Waals surface area contributed by atoms with Gasteiger partial charge < -0.3 is 9.64 Å². The van der Waals surface area contributed by atoms with Gasteiger partial charge in [0, 0.05) is 18.7 Å². The molecule has 15 heavy (non-hydrogen) atoms. The van der Waals surface area contributed by atoms with E-state index in [2.05, 4.69) is 21.9 Å². The van der Waals surface area contributed by atoms with E-state index in [1.165, 1.54) is 19.2 Å². The first kappa shape index (κ1) is 10.6. The fourth-order valence-electron chi connectivity index (χ4n) is 1.39. The highest BCUT2D eigenvalue weighted by atomic mass is 35.5. The summed E-state index contributed by atoms with van der Waals surface area (Å²) in [7, 11) is 2.12. The highest BCUT2D eigenvalue weighted by molar-refractivity contribution is 6.29. The number of halogens is 1. The molecule has 2 rings (SSSR count). The summed E-state index contributed by atoms with van der Waals surface area (Å²) in [5.41, 5.74) is 0. The summed E-state index contributed by atoms with van der Waals surface area (Å²) in [5.74, 6) is 0.541. The first-order valence-corrected chi connectivity index (χ1v) is 5.44. The summed E-state index contributed by atoms with van der Waals surface area (Å²) in [6.07, 6.45) is 4.04. The molecule has 4 nitrogen and oxygen atoms in total. The standard InChI is InChI=1S/C10H14ClN3O/c1-14(8-2-3-8)4-5-15-10-6-9(11)12-7-13-10/h6-8H,2-5H2,1H3. The van der Waals surface area contributed by atoms with E-state index in [0.29, 0.717) is 17.6 Å². The molecule has 0 saturated heterocycles. The quantitative estimate of drug-likeness (QED) is 0.717. The van der Waals surface area contributed by atoms with Gasteiger partial charge >= 0.3 is 0 Å². The van der Waals surface area contributed by atoms with Crippen molar-refractivity contribution in [2.45, 2.75) is 18.9 Å². The summed E-state index contributed by atoms with van der Waals surface area (Å²) >= 11 is 5.71. The van der Waals surface area contributed by atoms with Crippen LogP contribution in [0, 0.1) is 0 Å². The average Bonchev–Trinajstić information content (AvgIpc) is 3.00. The van der Waals surface area contributed by atoms with Crippen molar-refractivity contribution in [1.29, 1.82) is 0 Å². The van der Waals surface area contributed by atoms with Crippen LogP contribution >= 0.6 is 11.6 Å². The fourth-order valence-corrected chi connectivity index (χ4v) is 1.53. The molecule has 1 fully saturated rings. The van der Waals surface area contributed by atoms with E-state index in [1.807, 2.05) is 0 Å². The van der Waals surface area contributed by atoms with Crippen molar-refractivity contribution in [3.05, 3.63) is 17.5 Å². The molecule has 1 heterocycles. The SMILES string of the molecule is CN(CCOc1cc(Cl)ncn1)C1CC1. The van der Waals surface area contributed by atoms with Gasteiger partial charge in [-0.25, -0.2) is 9.97 Å². The van der Waals surface area contributed by atoms with Gasteiger partial charge in [-0.3, -0.25) is 0 Å². The van der Waals surface area contributed by atoms with Crippen LogP contribution in [0.5, 0.6) is 5.88 Å². The van der Waals surface area contributed by atoms with E-state index < -0.39 is 0 Å². The zero-order chi connectivity index (χ0) is 10.7. The van der Waals surface area contributed by atoms with Crippen molar-refractivity contribution in [3.63, 3.8) is 0 Å². The number of ether oxygens (including phenoxy) is 1. The first-order chi connectivity index (χ1) is 7.25. The third kappa shape index (κ3) is 3.32. The van der Waals surface area contributed by atoms with E-state index in [4.69, 9.17) is 16.3 Å². The molecule has 82 valence electrons. The molecule has 0 bridgehead atoms. The molecule has 0 radical (unpaired) electrons. The second-order valence-electron chi connectivity index (χ2n) is 3.74. The van der Waals surface area contributed by atoms with Crippen molar-refractivity contribution >= 4 is 11.6 Å². The molecule has 0 atom stereocenters. The van der Waals surface area contributed by atoms with Crippen molar-refractivity contribution in [2.24, 2.45) is 0 Å². The molecule has 1 aromatic heterocycles. The molecule has 1 aromatic rings. The van der Waals surface area contributed by atoms with Gasteiger partial charge in [-0.05, 0) is 19.9 Å². The number of aromatic nitrogens is 2. The number of likely N-dealkylation sites (N-methyl/N-ethyl adjacent to an activating group) is 1. The second-order valence-corrected chi connectivity index (χ2v) is 4.13. The Kier molecular flexibility index (Phi) is 3.38. The van der Waals surface area contributed by atoms with E-state index in [1.54, 1.807) is 6.07 Å². The minimum Gasteiger partial charge on any atom is -0.476 e. The summed E-state index contributed by atoms with van der Waals surface area (Å²) in [4.78, 5) is 10.1. The maximum absolute atomic E-state index is 5.71. The number of hydrogen-bond acceptors (Lipinski definition) is 4. The lowest BCUT2D eigenvalue weighted by Crippen LogP contribution is -2.26. The number of hydrogen-bond donors (Lipinski definition) is 0. The zero-order valence-electron chi connectivity index (χ0n) is 8.69. The zero-order valence-corrected chi connectivity index (χ0v) is 9.44. The molecule has 0 unspecified atom stereocenters. The molecule has 0 spiro atoms. The fraction of sp³-hybridized carbons (Fsp3) is 0.600. The van der Waals surface area contributed by atoms with Crippen LogP contribution in [0.2, 0.25) is 5.15 Å². The normalized spacial score (nSPS) is 15.7. The molecular weight excluding hydrogens is 214 g/mol. The van der Waals surface area contributed by atoms with E-state index >= 15 is 0 Å². The highest BCUT2D eigenvalue weighted by Crippen LogP contribution is 2.24. The molecule has 5 heteroatoms. The Morgan fingerprint density at radius 2 is 2.33 bits per heavy atom. The van der Waals surface area contributed by atoms with Crippen LogP contribution in [0.3, 0.4) is 0 Å². The van der Waals surface area contributed by atoms with E-state index in [-0.39, 0.29) is 0 Å². The third-order valence-electron chi connectivity index (χ3n) is 2.47. The van der Waals surface area contributed by atoms with Crippen LogP contribution in [0.15, 0.2) is 12.4 Å². The van der Waals surface area contributed by atoms with Crippen LogP contribution < -0.4 is 4.74 Å². The van der Waals surface area contributed by atoms with Crippen LogP contribution in [-0.2, 0) is 0 Å². The predicted octanol–water partition coefficient (Wildman–Crippen LogP) is 1.60. The lowest BCUT2D eigenvalue weighted by molar-refractivity contribution is 0.226. The molecule has 0 amide bonds. The average molecular weight is 228 g/mol. The number of rotatable bonds is 5. The molecule has 0 N–H and O–H groups in total. The van der Waals surface area contributed by atoms with Crippen molar-refractivity contribution in [3.8, 4) is 5.88 Å². The monoisotopic (exact) mass is 227 g/mol. The van der Waals surface area contributed by atoms with Crippen LogP contribution in [0.1, 0.15) is 12.8 Å². The Morgan fingerprint density at radius 3 is 3.00 bits per heavy atom. The van der Waals surface area contributed by atoms with Crippen molar-refractivity contribution < 1.29 is 4.74 Å². The van der Waals surface area contributed by atoms with Gasteiger partial charge in [0.05, 0.1) is 0 Å². The highest BCUT2D eigenvalue weighted by Gasteiger charge is 2.25. The van der Waals surface area contributed by atoms with Crippen molar-refractivity contribution in [1.82, 2.24) is 14.9 Å². The van der Waals surface area contributed by atoms with Gasteiger partial charge in [-0.2, -0.15) is 0 Å². The molecule has 1 aliphatic carbocycles. The topological polar surface area (TPSA) is 38.2 Å². The van der Waals surface area contributed by atoms with Gasteiger partial charge in [0.1, 0.15) is 18.1 Å². The van der Waals surface area contributed by atoms with Crippen LogP contribution in [0.4, 0.5) is 0 Å². The Balaban J connectivity index is 1.73. The van der Waals surface area contributed by atoms with E-state index in [0.717, 1.165) is 12.6 Å².